The molecule has 1 aromatic heterocycles. The number of amides is 1. The van der Waals surface area contributed by atoms with Gasteiger partial charge in [-0.25, -0.2) is 0 Å². The van der Waals surface area contributed by atoms with Crippen LogP contribution in [0.15, 0.2) is 47.0 Å². The molecule has 0 atom stereocenters. The van der Waals surface area contributed by atoms with Crippen LogP contribution in [0, 0.1) is 0 Å². The minimum atomic E-state index is -0.144. The summed E-state index contributed by atoms with van der Waals surface area (Å²) in [6, 6.07) is 13.2. The van der Waals surface area contributed by atoms with Crippen molar-refractivity contribution in [3.05, 3.63) is 53.2 Å². The fraction of sp³-hybridized carbons (Fsp3) is 0.333. The van der Waals surface area contributed by atoms with E-state index in [2.05, 4.69) is 27.2 Å². The maximum absolute atomic E-state index is 12.7. The van der Waals surface area contributed by atoms with Crippen molar-refractivity contribution >= 4 is 39.9 Å². The van der Waals surface area contributed by atoms with Gasteiger partial charge in [0.05, 0.1) is 17.8 Å². The predicted octanol–water partition coefficient (Wildman–Crippen LogP) is 3.80. The van der Waals surface area contributed by atoms with Crippen LogP contribution < -0.4 is 10.2 Å². The first-order valence-electron chi connectivity index (χ1n) is 9.54. The number of para-hydroxylation sites is 1. The first kappa shape index (κ1) is 18.8. The number of fused-ring (bicyclic) bond motifs is 1. The number of piperazine rings is 1. The SMILES string of the molecule is CCN1CCN(c2ccc(Cl)cc2NC(=O)Cc2noc3ccccc23)CC1. The molecule has 146 valence electrons. The molecule has 1 aliphatic heterocycles. The van der Waals surface area contributed by atoms with Crippen molar-refractivity contribution in [2.75, 3.05) is 42.9 Å². The number of halogens is 1. The molecular formula is C21H23ClN4O2. The van der Waals surface area contributed by atoms with Crippen LogP contribution in [0.2, 0.25) is 5.02 Å². The fourth-order valence-electron chi connectivity index (χ4n) is 3.60. The van der Waals surface area contributed by atoms with Crippen molar-refractivity contribution in [1.82, 2.24) is 10.1 Å². The zero-order valence-corrected chi connectivity index (χ0v) is 16.6. The Bertz CT molecular complexity index is 979. The highest BCUT2D eigenvalue weighted by atomic mass is 35.5. The van der Waals surface area contributed by atoms with Crippen LogP contribution in [0.25, 0.3) is 11.0 Å². The lowest BCUT2D eigenvalue weighted by Crippen LogP contribution is -2.46. The molecule has 1 aliphatic rings. The Hall–Kier alpha value is -2.57. The van der Waals surface area contributed by atoms with Crippen molar-refractivity contribution in [2.45, 2.75) is 13.3 Å². The predicted molar refractivity (Wildman–Crippen MR) is 112 cm³/mol. The highest BCUT2D eigenvalue weighted by molar-refractivity contribution is 6.31. The number of rotatable bonds is 5. The van der Waals surface area contributed by atoms with E-state index in [0.29, 0.717) is 16.3 Å². The third-order valence-corrected chi connectivity index (χ3v) is 5.41. The summed E-state index contributed by atoms with van der Waals surface area (Å²) in [6.45, 7) is 7.11. The van der Waals surface area contributed by atoms with E-state index in [1.54, 1.807) is 0 Å². The second-order valence-corrected chi connectivity index (χ2v) is 7.37. The maximum Gasteiger partial charge on any atom is 0.230 e. The summed E-state index contributed by atoms with van der Waals surface area (Å²) in [6.07, 6.45) is 0.145. The molecule has 2 heterocycles. The first-order chi connectivity index (χ1) is 13.6. The molecule has 4 rings (SSSR count). The number of hydrogen-bond donors (Lipinski definition) is 1. The molecule has 1 saturated heterocycles. The molecule has 0 saturated carbocycles. The lowest BCUT2D eigenvalue weighted by Gasteiger charge is -2.36. The van der Waals surface area contributed by atoms with Crippen LogP contribution in [0.4, 0.5) is 11.4 Å². The molecule has 7 heteroatoms. The molecule has 0 radical (unpaired) electrons. The Balaban J connectivity index is 1.51. The maximum atomic E-state index is 12.7. The standard InChI is InChI=1S/C21H23ClN4O2/c1-2-25-9-11-26(12-10-25)19-8-7-15(22)13-18(19)23-21(27)14-17-16-5-3-4-6-20(16)28-24-17/h3-8,13H,2,9-12,14H2,1H3,(H,23,27). The second-order valence-electron chi connectivity index (χ2n) is 6.93. The average molecular weight is 399 g/mol. The number of nitrogens with zero attached hydrogens (tertiary/aromatic N) is 3. The summed E-state index contributed by atoms with van der Waals surface area (Å²) in [5.74, 6) is -0.144. The summed E-state index contributed by atoms with van der Waals surface area (Å²) in [5.41, 5.74) is 3.05. The minimum absolute atomic E-state index is 0.144. The van der Waals surface area contributed by atoms with Crippen LogP contribution in [0.3, 0.4) is 0 Å². The van der Waals surface area contributed by atoms with Crippen LogP contribution in [-0.4, -0.2) is 48.7 Å². The van der Waals surface area contributed by atoms with Gasteiger partial charge in [-0.15, -0.1) is 0 Å². The van der Waals surface area contributed by atoms with Gasteiger partial charge >= 0.3 is 0 Å². The highest BCUT2D eigenvalue weighted by Gasteiger charge is 2.20. The lowest BCUT2D eigenvalue weighted by atomic mass is 10.1. The third kappa shape index (κ3) is 3.98. The van der Waals surface area contributed by atoms with Gasteiger partial charge in [0.1, 0.15) is 5.69 Å². The van der Waals surface area contributed by atoms with Gasteiger partial charge < -0.3 is 19.6 Å². The van der Waals surface area contributed by atoms with E-state index in [9.17, 15) is 4.79 Å². The van der Waals surface area contributed by atoms with E-state index in [1.165, 1.54) is 0 Å². The zero-order valence-electron chi connectivity index (χ0n) is 15.8. The number of hydrogen-bond acceptors (Lipinski definition) is 5. The Morgan fingerprint density at radius 3 is 2.75 bits per heavy atom. The van der Waals surface area contributed by atoms with Gasteiger partial charge in [0.15, 0.2) is 5.58 Å². The Morgan fingerprint density at radius 2 is 1.96 bits per heavy atom. The van der Waals surface area contributed by atoms with E-state index < -0.39 is 0 Å². The topological polar surface area (TPSA) is 61.6 Å². The molecule has 6 nitrogen and oxygen atoms in total. The van der Waals surface area contributed by atoms with Crippen molar-refractivity contribution in [3.8, 4) is 0 Å². The number of carbonyl (C=O) groups excluding carboxylic acids is 1. The Kier molecular flexibility index (Phi) is 5.50. The van der Waals surface area contributed by atoms with Crippen LogP contribution in [0.5, 0.6) is 0 Å². The zero-order chi connectivity index (χ0) is 19.5. The molecule has 28 heavy (non-hydrogen) atoms. The van der Waals surface area contributed by atoms with E-state index in [1.807, 2.05) is 42.5 Å². The Labute approximate surface area is 169 Å². The molecule has 0 bridgehead atoms. The minimum Gasteiger partial charge on any atom is -0.367 e. The van der Waals surface area contributed by atoms with Crippen LogP contribution >= 0.6 is 11.6 Å². The van der Waals surface area contributed by atoms with Crippen molar-refractivity contribution < 1.29 is 9.32 Å². The average Bonchev–Trinajstić information content (AvgIpc) is 3.11. The highest BCUT2D eigenvalue weighted by Crippen LogP contribution is 2.30. The summed E-state index contributed by atoms with van der Waals surface area (Å²) in [5, 5.41) is 8.52. The fourth-order valence-corrected chi connectivity index (χ4v) is 3.77. The molecule has 0 spiro atoms. The monoisotopic (exact) mass is 398 g/mol. The number of likely N-dealkylation sites (N-methyl/N-ethyl adjacent to an activating group) is 1. The summed E-state index contributed by atoms with van der Waals surface area (Å²) >= 11 is 6.20. The largest absolute Gasteiger partial charge is 0.367 e. The smallest absolute Gasteiger partial charge is 0.230 e. The van der Waals surface area contributed by atoms with Gasteiger partial charge in [0.2, 0.25) is 5.91 Å². The normalized spacial score (nSPS) is 15.1. The molecule has 1 fully saturated rings. The van der Waals surface area contributed by atoms with E-state index >= 15 is 0 Å². The van der Waals surface area contributed by atoms with E-state index in [0.717, 1.165) is 49.5 Å². The van der Waals surface area contributed by atoms with Crippen molar-refractivity contribution in [1.29, 1.82) is 0 Å². The van der Waals surface area contributed by atoms with Crippen molar-refractivity contribution in [3.63, 3.8) is 0 Å². The molecule has 1 amide bonds. The van der Waals surface area contributed by atoms with E-state index in [-0.39, 0.29) is 12.3 Å². The van der Waals surface area contributed by atoms with Gasteiger partial charge in [0, 0.05) is 36.6 Å². The lowest BCUT2D eigenvalue weighted by molar-refractivity contribution is -0.115. The van der Waals surface area contributed by atoms with Crippen molar-refractivity contribution in [2.24, 2.45) is 0 Å². The van der Waals surface area contributed by atoms with Gasteiger partial charge in [0.25, 0.3) is 0 Å². The van der Waals surface area contributed by atoms with Gasteiger partial charge in [-0.1, -0.05) is 35.8 Å². The van der Waals surface area contributed by atoms with Gasteiger partial charge in [-0.2, -0.15) is 0 Å². The first-order valence-corrected chi connectivity index (χ1v) is 9.92. The molecule has 3 aromatic rings. The summed E-state index contributed by atoms with van der Waals surface area (Å²) in [4.78, 5) is 17.4. The number of carbonyl (C=O) groups is 1. The molecule has 2 aromatic carbocycles. The third-order valence-electron chi connectivity index (χ3n) is 5.17. The second kappa shape index (κ2) is 8.20. The molecule has 0 unspecified atom stereocenters. The quantitative estimate of drug-likeness (QED) is 0.708. The van der Waals surface area contributed by atoms with E-state index in [4.69, 9.17) is 16.1 Å². The molecule has 0 aliphatic carbocycles. The number of nitrogens with one attached hydrogen (secondary N) is 1. The Morgan fingerprint density at radius 1 is 1.18 bits per heavy atom. The van der Waals surface area contributed by atoms with Crippen LogP contribution in [0.1, 0.15) is 12.6 Å². The van der Waals surface area contributed by atoms with Gasteiger partial charge in [-0.3, -0.25) is 4.79 Å². The number of anilines is 2. The summed E-state index contributed by atoms with van der Waals surface area (Å²) < 4.78 is 5.29. The molecular weight excluding hydrogens is 376 g/mol. The van der Waals surface area contributed by atoms with Crippen LogP contribution in [-0.2, 0) is 11.2 Å². The van der Waals surface area contributed by atoms with Gasteiger partial charge in [-0.05, 0) is 36.9 Å². The number of benzene rings is 2. The number of aromatic nitrogens is 1. The molecule has 1 N–H and O–H groups in total. The summed E-state index contributed by atoms with van der Waals surface area (Å²) in [7, 11) is 0.